The molecular weight excluding hydrogens is 302 g/mol. The summed E-state index contributed by atoms with van der Waals surface area (Å²) < 4.78 is 4.64. The zero-order valence-corrected chi connectivity index (χ0v) is 14.1. The van der Waals surface area contributed by atoms with Crippen molar-refractivity contribution in [1.29, 1.82) is 0 Å². The summed E-state index contributed by atoms with van der Waals surface area (Å²) in [6, 6.07) is 19.5. The van der Waals surface area contributed by atoms with Crippen molar-refractivity contribution in [1.82, 2.24) is 4.90 Å². The first-order valence-electron chi connectivity index (χ1n) is 8.05. The molecule has 0 spiro atoms. The topological polar surface area (TPSA) is 46.6 Å². The van der Waals surface area contributed by atoms with E-state index in [1.165, 1.54) is 7.11 Å². The van der Waals surface area contributed by atoms with Gasteiger partial charge in [-0.1, -0.05) is 60.7 Å². The number of carbonyl (C=O) groups is 2. The van der Waals surface area contributed by atoms with E-state index >= 15 is 0 Å². The second-order valence-electron chi connectivity index (χ2n) is 5.69. The van der Waals surface area contributed by atoms with Gasteiger partial charge < -0.3 is 9.64 Å². The molecule has 0 aliphatic carbocycles. The first-order chi connectivity index (χ1) is 11.6. The van der Waals surface area contributed by atoms with Crippen molar-refractivity contribution in [3.05, 3.63) is 71.8 Å². The van der Waals surface area contributed by atoms with Gasteiger partial charge in [0.05, 0.1) is 13.0 Å². The average molecular weight is 325 g/mol. The van der Waals surface area contributed by atoms with E-state index in [-0.39, 0.29) is 17.8 Å². The minimum Gasteiger partial charge on any atom is -0.469 e. The Balaban J connectivity index is 2.15. The molecule has 0 aromatic heterocycles. The fourth-order valence-electron chi connectivity index (χ4n) is 2.66. The lowest BCUT2D eigenvalue weighted by molar-refractivity contribution is -0.141. The number of nitrogens with zero attached hydrogens (tertiary/aromatic N) is 1. The number of esters is 1. The molecule has 0 heterocycles. The van der Waals surface area contributed by atoms with Crippen LogP contribution in [0, 0.1) is 0 Å². The molecule has 2 rings (SSSR count). The third kappa shape index (κ3) is 4.69. The summed E-state index contributed by atoms with van der Waals surface area (Å²) in [6.45, 7) is 0.518. The quantitative estimate of drug-likeness (QED) is 0.734. The summed E-state index contributed by atoms with van der Waals surface area (Å²) in [6.07, 6.45) is 0.903. The van der Waals surface area contributed by atoms with Gasteiger partial charge in [-0.25, -0.2) is 0 Å². The zero-order chi connectivity index (χ0) is 17.4. The minimum atomic E-state index is -0.337. The van der Waals surface area contributed by atoms with Gasteiger partial charge in [0, 0.05) is 20.0 Å². The Labute approximate surface area is 143 Å². The highest BCUT2D eigenvalue weighted by Gasteiger charge is 2.25. The van der Waals surface area contributed by atoms with Gasteiger partial charge in [-0.2, -0.15) is 0 Å². The Hall–Kier alpha value is -2.62. The number of hydrogen-bond acceptors (Lipinski definition) is 3. The number of ether oxygens (including phenoxy) is 1. The molecule has 0 saturated heterocycles. The van der Waals surface area contributed by atoms with Gasteiger partial charge in [-0.15, -0.1) is 0 Å². The number of methoxy groups -OCH3 is 1. The van der Waals surface area contributed by atoms with Crippen LogP contribution < -0.4 is 0 Å². The lowest BCUT2D eigenvalue weighted by Gasteiger charge is -2.24. The van der Waals surface area contributed by atoms with E-state index < -0.39 is 0 Å². The monoisotopic (exact) mass is 325 g/mol. The molecule has 126 valence electrons. The molecule has 4 nitrogen and oxygen atoms in total. The number of hydrogen-bond donors (Lipinski definition) is 0. The molecular formula is C20H23NO3. The molecule has 1 amide bonds. The number of rotatable bonds is 7. The van der Waals surface area contributed by atoms with E-state index in [2.05, 4.69) is 4.74 Å². The smallest absolute Gasteiger partial charge is 0.305 e. The first kappa shape index (κ1) is 17.7. The zero-order valence-electron chi connectivity index (χ0n) is 14.1. The van der Waals surface area contributed by atoms with Gasteiger partial charge in [0.1, 0.15) is 0 Å². The van der Waals surface area contributed by atoms with Crippen LogP contribution in [0.4, 0.5) is 0 Å². The Bertz CT molecular complexity index is 616. The van der Waals surface area contributed by atoms with E-state index in [0.29, 0.717) is 19.4 Å². The van der Waals surface area contributed by atoms with Crippen LogP contribution in [-0.2, 0) is 14.3 Å². The fraction of sp³-hybridized carbons (Fsp3) is 0.300. The van der Waals surface area contributed by atoms with E-state index in [0.717, 1.165) is 11.1 Å². The molecule has 4 heteroatoms. The van der Waals surface area contributed by atoms with Crippen molar-refractivity contribution in [2.75, 3.05) is 20.7 Å². The maximum absolute atomic E-state index is 13.0. The summed E-state index contributed by atoms with van der Waals surface area (Å²) in [5.74, 6) is -0.564. The van der Waals surface area contributed by atoms with Crippen molar-refractivity contribution in [3.63, 3.8) is 0 Å². The highest BCUT2D eigenvalue weighted by atomic mass is 16.5. The third-order valence-corrected chi connectivity index (χ3v) is 3.99. The molecule has 2 aromatic carbocycles. The first-order valence-corrected chi connectivity index (χ1v) is 8.05. The van der Waals surface area contributed by atoms with Crippen molar-refractivity contribution in [3.8, 4) is 0 Å². The second-order valence-corrected chi connectivity index (χ2v) is 5.69. The van der Waals surface area contributed by atoms with Crippen LogP contribution in [0.5, 0.6) is 0 Å². The van der Waals surface area contributed by atoms with Gasteiger partial charge in [0.15, 0.2) is 0 Å². The van der Waals surface area contributed by atoms with Crippen LogP contribution in [0.15, 0.2) is 60.7 Å². The molecule has 0 radical (unpaired) electrons. The summed E-state index contributed by atoms with van der Waals surface area (Å²) in [5, 5.41) is 0. The van der Waals surface area contributed by atoms with Crippen molar-refractivity contribution < 1.29 is 14.3 Å². The maximum Gasteiger partial charge on any atom is 0.305 e. The molecule has 0 fully saturated rings. The van der Waals surface area contributed by atoms with E-state index in [1.54, 1.807) is 11.9 Å². The van der Waals surface area contributed by atoms with Crippen LogP contribution in [0.2, 0.25) is 0 Å². The Morgan fingerprint density at radius 2 is 1.46 bits per heavy atom. The number of benzene rings is 2. The predicted molar refractivity (Wildman–Crippen MR) is 93.6 cm³/mol. The van der Waals surface area contributed by atoms with Crippen molar-refractivity contribution in [2.24, 2.45) is 0 Å². The molecule has 0 bridgehead atoms. The highest BCUT2D eigenvalue weighted by Crippen LogP contribution is 2.26. The van der Waals surface area contributed by atoms with Gasteiger partial charge >= 0.3 is 5.97 Å². The summed E-state index contributed by atoms with van der Waals surface area (Å²) in [7, 11) is 3.15. The largest absolute Gasteiger partial charge is 0.469 e. The van der Waals surface area contributed by atoms with E-state index in [9.17, 15) is 9.59 Å². The molecule has 0 unspecified atom stereocenters. The van der Waals surface area contributed by atoms with Crippen LogP contribution in [0.3, 0.4) is 0 Å². The lowest BCUT2D eigenvalue weighted by atomic mass is 9.90. The average Bonchev–Trinajstić information content (AvgIpc) is 2.63. The Morgan fingerprint density at radius 1 is 0.958 bits per heavy atom. The van der Waals surface area contributed by atoms with E-state index in [1.807, 2.05) is 60.7 Å². The lowest BCUT2D eigenvalue weighted by Crippen LogP contribution is -2.33. The van der Waals surface area contributed by atoms with Crippen LogP contribution in [-0.4, -0.2) is 37.5 Å². The van der Waals surface area contributed by atoms with E-state index in [4.69, 9.17) is 0 Å². The molecule has 0 atom stereocenters. The number of likely N-dealkylation sites (N-methyl/N-ethyl adjacent to an activating group) is 1. The maximum atomic E-state index is 13.0. The van der Waals surface area contributed by atoms with Crippen molar-refractivity contribution >= 4 is 11.9 Å². The van der Waals surface area contributed by atoms with Gasteiger partial charge in [0.25, 0.3) is 0 Å². The SMILES string of the molecule is COC(=O)CCCN(C)C(=O)C(c1ccccc1)c1ccccc1. The molecule has 0 aliphatic rings. The molecule has 0 saturated carbocycles. The van der Waals surface area contributed by atoms with Gasteiger partial charge in [-0.05, 0) is 17.5 Å². The molecule has 2 aromatic rings. The molecule has 24 heavy (non-hydrogen) atoms. The second kappa shape index (κ2) is 8.87. The fourth-order valence-corrected chi connectivity index (χ4v) is 2.66. The van der Waals surface area contributed by atoms with Crippen molar-refractivity contribution in [2.45, 2.75) is 18.8 Å². The van der Waals surface area contributed by atoms with Gasteiger partial charge in [-0.3, -0.25) is 9.59 Å². The summed E-state index contributed by atoms with van der Waals surface area (Å²) >= 11 is 0. The standard InChI is InChI=1S/C20H23NO3/c1-21(15-9-14-18(22)24-2)20(23)19(16-10-5-3-6-11-16)17-12-7-4-8-13-17/h3-8,10-13,19H,9,14-15H2,1-2H3. The third-order valence-electron chi connectivity index (χ3n) is 3.99. The Morgan fingerprint density at radius 3 is 1.92 bits per heavy atom. The highest BCUT2D eigenvalue weighted by molar-refractivity contribution is 5.87. The minimum absolute atomic E-state index is 0.0252. The van der Waals surface area contributed by atoms with Crippen LogP contribution >= 0.6 is 0 Å². The van der Waals surface area contributed by atoms with Crippen LogP contribution in [0.1, 0.15) is 29.9 Å². The predicted octanol–water partition coefficient (Wildman–Crippen LogP) is 3.23. The Kier molecular flexibility index (Phi) is 6.55. The summed E-state index contributed by atoms with van der Waals surface area (Å²) in [5.41, 5.74) is 1.93. The number of carbonyl (C=O) groups excluding carboxylic acids is 2. The molecule has 0 N–H and O–H groups in total. The van der Waals surface area contributed by atoms with Crippen LogP contribution in [0.25, 0.3) is 0 Å². The normalized spacial score (nSPS) is 10.5. The van der Waals surface area contributed by atoms with Gasteiger partial charge in [0.2, 0.25) is 5.91 Å². The summed E-state index contributed by atoms with van der Waals surface area (Å²) in [4.78, 5) is 25.9. The number of amides is 1. The molecule has 0 aliphatic heterocycles.